The first-order chi connectivity index (χ1) is 15.5. The molecule has 166 valence electrons. The van der Waals surface area contributed by atoms with Gasteiger partial charge in [-0.3, -0.25) is 9.59 Å². The summed E-state index contributed by atoms with van der Waals surface area (Å²) >= 11 is 0. The molecular weight excluding hydrogens is 404 g/mol. The summed E-state index contributed by atoms with van der Waals surface area (Å²) in [5, 5.41) is 0. The van der Waals surface area contributed by atoms with E-state index >= 15 is 0 Å². The molecule has 1 atom stereocenters. The van der Waals surface area contributed by atoms with Gasteiger partial charge in [-0.25, -0.2) is 4.98 Å². The zero-order valence-electron chi connectivity index (χ0n) is 18.2. The third kappa shape index (κ3) is 4.82. The zero-order chi connectivity index (χ0) is 22.5. The third-order valence-corrected chi connectivity index (χ3v) is 5.96. The number of hydrogen-bond acceptors (Lipinski definition) is 4. The molecule has 1 aliphatic heterocycles. The van der Waals surface area contributed by atoms with Crippen LogP contribution in [0.3, 0.4) is 0 Å². The molecule has 3 aromatic rings. The lowest BCUT2D eigenvalue weighted by Gasteiger charge is -2.32. The molecule has 2 aromatic carbocycles. The fraction of sp³-hybridized carbons (Fsp3) is 0.320. The Balaban J connectivity index is 1.49. The molecule has 1 unspecified atom stereocenters. The van der Waals surface area contributed by atoms with Gasteiger partial charge in [-0.2, -0.15) is 0 Å². The highest BCUT2D eigenvalue weighted by Gasteiger charge is 2.28. The van der Waals surface area contributed by atoms with Gasteiger partial charge in [0, 0.05) is 31.0 Å². The van der Waals surface area contributed by atoms with Crippen LogP contribution in [0.2, 0.25) is 0 Å². The number of nitrogens with two attached hydrogens (primary N) is 1. The average Bonchev–Trinajstić information content (AvgIpc) is 3.29. The lowest BCUT2D eigenvalue weighted by Crippen LogP contribution is -2.39. The van der Waals surface area contributed by atoms with Crippen LogP contribution < -0.4 is 10.5 Å². The van der Waals surface area contributed by atoms with Crippen LogP contribution in [-0.4, -0.2) is 46.9 Å². The zero-order valence-corrected chi connectivity index (χ0v) is 18.2. The molecule has 0 saturated carbocycles. The molecule has 1 aliphatic rings. The van der Waals surface area contributed by atoms with Crippen LogP contribution in [0.1, 0.15) is 47.1 Å². The largest absolute Gasteiger partial charge is 0.497 e. The molecule has 1 saturated heterocycles. The van der Waals surface area contributed by atoms with E-state index in [0.717, 1.165) is 42.7 Å². The van der Waals surface area contributed by atoms with E-state index in [2.05, 4.69) is 4.98 Å². The van der Waals surface area contributed by atoms with Gasteiger partial charge in [0.05, 0.1) is 7.11 Å². The maximum atomic E-state index is 12.8. The molecule has 7 nitrogen and oxygen atoms in total. The van der Waals surface area contributed by atoms with E-state index in [1.165, 1.54) is 0 Å². The van der Waals surface area contributed by atoms with Crippen molar-refractivity contribution in [2.45, 2.75) is 31.6 Å². The van der Waals surface area contributed by atoms with Crippen LogP contribution in [0.5, 0.6) is 5.75 Å². The summed E-state index contributed by atoms with van der Waals surface area (Å²) in [4.78, 5) is 34.7. The van der Waals surface area contributed by atoms with Crippen molar-refractivity contribution in [1.82, 2.24) is 14.9 Å². The van der Waals surface area contributed by atoms with Gasteiger partial charge >= 0.3 is 0 Å². The van der Waals surface area contributed by atoms with E-state index < -0.39 is 5.91 Å². The Morgan fingerprint density at radius 1 is 1.16 bits per heavy atom. The van der Waals surface area contributed by atoms with Crippen LogP contribution in [0.15, 0.2) is 54.6 Å². The van der Waals surface area contributed by atoms with Crippen molar-refractivity contribution in [3.63, 3.8) is 0 Å². The van der Waals surface area contributed by atoms with Crippen LogP contribution in [0, 0.1) is 0 Å². The van der Waals surface area contributed by atoms with Crippen molar-refractivity contribution in [1.29, 1.82) is 0 Å². The third-order valence-electron chi connectivity index (χ3n) is 5.96. The van der Waals surface area contributed by atoms with E-state index in [1.54, 1.807) is 7.11 Å². The molecular formula is C25H28N4O3. The first kappa shape index (κ1) is 21.6. The number of H-pyrrole nitrogens is 1. The monoisotopic (exact) mass is 432 g/mol. The summed E-state index contributed by atoms with van der Waals surface area (Å²) in [5.74, 6) is 1.05. The maximum Gasteiger partial charge on any atom is 0.267 e. The number of carbonyl (C=O) groups is 2. The van der Waals surface area contributed by atoms with Gasteiger partial charge < -0.3 is 20.4 Å². The summed E-state index contributed by atoms with van der Waals surface area (Å²) in [6.07, 6.45) is 3.01. The molecule has 3 N–H and O–H groups in total. The molecule has 0 spiro atoms. The minimum absolute atomic E-state index is 0.0366. The number of carbonyl (C=O) groups excluding carboxylic acids is 2. The van der Waals surface area contributed by atoms with Gasteiger partial charge in [-0.05, 0) is 49.1 Å². The smallest absolute Gasteiger partial charge is 0.267 e. The molecule has 2 amide bonds. The maximum absolute atomic E-state index is 12.8. The van der Waals surface area contributed by atoms with E-state index in [0.29, 0.717) is 24.5 Å². The number of benzene rings is 2. The molecule has 0 radical (unpaired) electrons. The number of imidazole rings is 1. The number of aryl methyl sites for hydroxylation is 1. The van der Waals surface area contributed by atoms with Gasteiger partial charge in [0.2, 0.25) is 5.91 Å². The van der Waals surface area contributed by atoms with Gasteiger partial charge in [0.1, 0.15) is 23.0 Å². The number of rotatable bonds is 7. The second-order valence-corrected chi connectivity index (χ2v) is 8.10. The highest BCUT2D eigenvalue weighted by molar-refractivity contribution is 5.97. The van der Waals surface area contributed by atoms with E-state index in [-0.39, 0.29) is 17.5 Å². The predicted molar refractivity (Wildman–Crippen MR) is 122 cm³/mol. The highest BCUT2D eigenvalue weighted by Crippen LogP contribution is 2.30. The lowest BCUT2D eigenvalue weighted by molar-refractivity contribution is -0.132. The summed E-state index contributed by atoms with van der Waals surface area (Å²) in [5.41, 5.74) is 8.39. The molecule has 0 aliphatic carbocycles. The normalized spacial score (nSPS) is 16.0. The Bertz CT molecular complexity index is 1080. The predicted octanol–water partition coefficient (Wildman–Crippen LogP) is 3.52. The molecule has 1 aromatic heterocycles. The number of hydrogen-bond donors (Lipinski definition) is 2. The number of piperidine rings is 1. The second kappa shape index (κ2) is 9.68. The van der Waals surface area contributed by atoms with Crippen LogP contribution in [-0.2, 0) is 11.2 Å². The standard InChI is InChI=1S/C25H28N4O3/c1-32-20-12-10-18(11-13-20)22-23(24(26)31)28-25(27-22)19-8-5-15-29(16-19)21(30)14-9-17-6-3-2-4-7-17/h2-4,6-7,10-13,19H,5,8-9,14-16H2,1H3,(H2,26,31)(H,27,28). The number of aromatic nitrogens is 2. The fourth-order valence-electron chi connectivity index (χ4n) is 4.20. The summed E-state index contributed by atoms with van der Waals surface area (Å²) in [6, 6.07) is 17.4. The Hall–Kier alpha value is -3.61. The SMILES string of the molecule is COc1ccc(-c2nc(C3CCCN(C(=O)CCc4ccccc4)C3)[nH]c2C(N)=O)cc1. The van der Waals surface area contributed by atoms with Crippen molar-refractivity contribution in [3.8, 4) is 17.0 Å². The number of nitrogens with zero attached hydrogens (tertiary/aromatic N) is 2. The summed E-state index contributed by atoms with van der Waals surface area (Å²) in [7, 11) is 1.60. The Labute approximate surface area is 187 Å². The molecule has 4 rings (SSSR count). The lowest BCUT2D eigenvalue weighted by atomic mass is 9.96. The highest BCUT2D eigenvalue weighted by atomic mass is 16.5. The van der Waals surface area contributed by atoms with Crippen LogP contribution in [0.25, 0.3) is 11.3 Å². The van der Waals surface area contributed by atoms with Crippen LogP contribution >= 0.6 is 0 Å². The Kier molecular flexibility index (Phi) is 6.54. The molecule has 0 bridgehead atoms. The molecule has 32 heavy (non-hydrogen) atoms. The number of nitrogens with one attached hydrogen (secondary N) is 1. The molecule has 7 heteroatoms. The fourth-order valence-corrected chi connectivity index (χ4v) is 4.20. The topological polar surface area (TPSA) is 101 Å². The van der Waals surface area contributed by atoms with E-state index in [4.69, 9.17) is 15.5 Å². The van der Waals surface area contributed by atoms with Crippen LogP contribution in [0.4, 0.5) is 0 Å². The minimum Gasteiger partial charge on any atom is -0.497 e. The van der Waals surface area contributed by atoms with Crippen molar-refractivity contribution in [2.75, 3.05) is 20.2 Å². The number of aromatic amines is 1. The molecule has 2 heterocycles. The van der Waals surface area contributed by atoms with Crippen molar-refractivity contribution >= 4 is 11.8 Å². The quantitative estimate of drug-likeness (QED) is 0.596. The number of methoxy groups -OCH3 is 1. The van der Waals surface area contributed by atoms with Crippen molar-refractivity contribution in [2.24, 2.45) is 5.73 Å². The summed E-state index contributed by atoms with van der Waals surface area (Å²) < 4.78 is 5.21. The van der Waals surface area contributed by atoms with Crippen molar-refractivity contribution in [3.05, 3.63) is 71.7 Å². The second-order valence-electron chi connectivity index (χ2n) is 8.10. The summed E-state index contributed by atoms with van der Waals surface area (Å²) in [6.45, 7) is 1.33. The first-order valence-electron chi connectivity index (χ1n) is 10.9. The van der Waals surface area contributed by atoms with E-state index in [9.17, 15) is 9.59 Å². The van der Waals surface area contributed by atoms with Gasteiger partial charge in [0.15, 0.2) is 0 Å². The molecule has 1 fully saturated rings. The minimum atomic E-state index is -0.554. The Morgan fingerprint density at radius 3 is 2.59 bits per heavy atom. The van der Waals surface area contributed by atoms with Gasteiger partial charge in [-0.15, -0.1) is 0 Å². The number of likely N-dealkylation sites (tertiary alicyclic amines) is 1. The first-order valence-corrected chi connectivity index (χ1v) is 10.9. The van der Waals surface area contributed by atoms with E-state index in [1.807, 2.05) is 59.5 Å². The van der Waals surface area contributed by atoms with Gasteiger partial charge in [0.25, 0.3) is 5.91 Å². The average molecular weight is 433 g/mol. The number of ether oxygens (including phenoxy) is 1. The van der Waals surface area contributed by atoms with Gasteiger partial charge in [-0.1, -0.05) is 30.3 Å². The number of primary amides is 1. The Morgan fingerprint density at radius 2 is 1.91 bits per heavy atom. The van der Waals surface area contributed by atoms with Crippen molar-refractivity contribution < 1.29 is 14.3 Å². The number of amides is 2.